The average molecular weight is 291 g/mol. The molecule has 0 aliphatic heterocycles. The van der Waals surface area contributed by atoms with Crippen molar-refractivity contribution in [1.82, 2.24) is 4.90 Å². The van der Waals surface area contributed by atoms with Gasteiger partial charge in [0.05, 0.1) is 0 Å². The standard InChI is InChI=1S/C17H29N3O/c1-3-5-11-20(12-6-4-2)13-10-17(21)19-16-9-7-8-15(18)14-16/h7-9,14H,3-6,10-13,18H2,1-2H3,(H,19,21). The largest absolute Gasteiger partial charge is 0.399 e. The Morgan fingerprint density at radius 1 is 1.14 bits per heavy atom. The van der Waals surface area contributed by atoms with Crippen molar-refractivity contribution in [3.63, 3.8) is 0 Å². The van der Waals surface area contributed by atoms with Crippen LogP contribution in [0.5, 0.6) is 0 Å². The molecular formula is C17H29N3O. The van der Waals surface area contributed by atoms with Gasteiger partial charge in [0.15, 0.2) is 0 Å². The Morgan fingerprint density at radius 3 is 2.38 bits per heavy atom. The summed E-state index contributed by atoms with van der Waals surface area (Å²) >= 11 is 0. The molecule has 1 amide bonds. The minimum absolute atomic E-state index is 0.0543. The fourth-order valence-corrected chi connectivity index (χ4v) is 2.20. The Hall–Kier alpha value is -1.55. The second-order valence-electron chi connectivity index (χ2n) is 5.47. The summed E-state index contributed by atoms with van der Waals surface area (Å²) in [6, 6.07) is 7.30. The molecule has 1 rings (SSSR count). The number of anilines is 2. The summed E-state index contributed by atoms with van der Waals surface area (Å²) in [7, 11) is 0. The van der Waals surface area contributed by atoms with Crippen molar-refractivity contribution in [3.8, 4) is 0 Å². The number of amides is 1. The van der Waals surface area contributed by atoms with E-state index in [1.807, 2.05) is 18.2 Å². The van der Waals surface area contributed by atoms with Crippen molar-refractivity contribution in [2.45, 2.75) is 46.0 Å². The molecule has 1 aromatic rings. The second-order valence-corrected chi connectivity index (χ2v) is 5.47. The van der Waals surface area contributed by atoms with Gasteiger partial charge < -0.3 is 16.0 Å². The Labute approximate surface area is 128 Å². The van der Waals surface area contributed by atoms with E-state index in [4.69, 9.17) is 5.73 Å². The van der Waals surface area contributed by atoms with Crippen LogP contribution < -0.4 is 11.1 Å². The number of nitrogen functional groups attached to an aromatic ring is 1. The molecule has 0 fully saturated rings. The van der Waals surface area contributed by atoms with Gasteiger partial charge in [-0.25, -0.2) is 0 Å². The average Bonchev–Trinajstić information content (AvgIpc) is 2.46. The fourth-order valence-electron chi connectivity index (χ4n) is 2.20. The summed E-state index contributed by atoms with van der Waals surface area (Å²) < 4.78 is 0. The maximum Gasteiger partial charge on any atom is 0.225 e. The molecule has 1 aromatic carbocycles. The molecule has 4 heteroatoms. The summed E-state index contributed by atoms with van der Waals surface area (Å²) in [5.74, 6) is 0.0543. The van der Waals surface area contributed by atoms with E-state index in [1.54, 1.807) is 6.07 Å². The van der Waals surface area contributed by atoms with E-state index in [9.17, 15) is 4.79 Å². The first-order valence-electron chi connectivity index (χ1n) is 8.03. The number of nitrogens with zero attached hydrogens (tertiary/aromatic N) is 1. The van der Waals surface area contributed by atoms with Crippen LogP contribution in [0.2, 0.25) is 0 Å². The number of carbonyl (C=O) groups is 1. The highest BCUT2D eigenvalue weighted by Gasteiger charge is 2.08. The molecule has 21 heavy (non-hydrogen) atoms. The lowest BCUT2D eigenvalue weighted by Crippen LogP contribution is -2.30. The Balaban J connectivity index is 2.37. The van der Waals surface area contributed by atoms with Crippen LogP contribution in [0.3, 0.4) is 0 Å². The van der Waals surface area contributed by atoms with Crippen LogP contribution in [0.4, 0.5) is 11.4 Å². The zero-order valence-corrected chi connectivity index (χ0v) is 13.4. The van der Waals surface area contributed by atoms with Crippen molar-refractivity contribution >= 4 is 17.3 Å². The first-order valence-corrected chi connectivity index (χ1v) is 8.03. The molecule has 0 aliphatic rings. The Morgan fingerprint density at radius 2 is 1.81 bits per heavy atom. The summed E-state index contributed by atoms with van der Waals surface area (Å²) in [6.07, 6.45) is 5.31. The first-order chi connectivity index (χ1) is 10.2. The van der Waals surface area contributed by atoms with E-state index < -0.39 is 0 Å². The predicted octanol–water partition coefficient (Wildman–Crippen LogP) is 3.50. The molecule has 0 saturated heterocycles. The number of nitrogens with one attached hydrogen (secondary N) is 1. The van der Waals surface area contributed by atoms with Gasteiger partial charge in [-0.2, -0.15) is 0 Å². The van der Waals surface area contributed by atoms with Crippen molar-refractivity contribution in [1.29, 1.82) is 0 Å². The highest BCUT2D eigenvalue weighted by atomic mass is 16.1. The molecule has 0 unspecified atom stereocenters. The number of unbranched alkanes of at least 4 members (excludes halogenated alkanes) is 2. The van der Waals surface area contributed by atoms with Crippen molar-refractivity contribution in [2.24, 2.45) is 0 Å². The Bertz CT molecular complexity index is 412. The minimum atomic E-state index is 0.0543. The molecule has 0 saturated carbocycles. The number of hydrogen-bond acceptors (Lipinski definition) is 3. The normalized spacial score (nSPS) is 10.8. The molecule has 3 N–H and O–H groups in total. The minimum Gasteiger partial charge on any atom is -0.399 e. The predicted molar refractivity (Wildman–Crippen MR) is 90.4 cm³/mol. The molecule has 0 aromatic heterocycles. The van der Waals surface area contributed by atoms with Crippen LogP contribution >= 0.6 is 0 Å². The van der Waals surface area contributed by atoms with E-state index in [0.717, 1.165) is 25.3 Å². The number of carbonyl (C=O) groups excluding carboxylic acids is 1. The van der Waals surface area contributed by atoms with Crippen LogP contribution in [-0.2, 0) is 4.79 Å². The van der Waals surface area contributed by atoms with Gasteiger partial charge in [-0.1, -0.05) is 32.8 Å². The number of benzene rings is 1. The smallest absolute Gasteiger partial charge is 0.225 e. The molecule has 0 radical (unpaired) electrons. The third-order valence-corrected chi connectivity index (χ3v) is 3.48. The SMILES string of the molecule is CCCCN(CCCC)CCC(=O)Nc1cccc(N)c1. The molecule has 0 bridgehead atoms. The zero-order valence-electron chi connectivity index (χ0n) is 13.4. The van der Waals surface area contributed by atoms with Gasteiger partial charge in [-0.15, -0.1) is 0 Å². The van der Waals surface area contributed by atoms with Gasteiger partial charge >= 0.3 is 0 Å². The highest BCUT2D eigenvalue weighted by Crippen LogP contribution is 2.12. The van der Waals surface area contributed by atoms with Crippen molar-refractivity contribution in [3.05, 3.63) is 24.3 Å². The third-order valence-electron chi connectivity index (χ3n) is 3.48. The lowest BCUT2D eigenvalue weighted by atomic mass is 10.2. The van der Waals surface area contributed by atoms with Gasteiger partial charge in [0.25, 0.3) is 0 Å². The van der Waals surface area contributed by atoms with Gasteiger partial charge in [0.1, 0.15) is 0 Å². The van der Waals surface area contributed by atoms with Crippen LogP contribution in [0.25, 0.3) is 0 Å². The van der Waals surface area contributed by atoms with Gasteiger partial charge in [0.2, 0.25) is 5.91 Å². The second kappa shape index (κ2) is 10.2. The molecule has 0 heterocycles. The lowest BCUT2D eigenvalue weighted by Gasteiger charge is -2.21. The third kappa shape index (κ3) is 7.71. The molecular weight excluding hydrogens is 262 g/mol. The fraction of sp³-hybridized carbons (Fsp3) is 0.588. The van der Waals surface area contributed by atoms with E-state index in [1.165, 1.54) is 25.7 Å². The van der Waals surface area contributed by atoms with Crippen LogP contribution in [0, 0.1) is 0 Å². The number of rotatable bonds is 10. The van der Waals surface area contributed by atoms with Crippen molar-refractivity contribution in [2.75, 3.05) is 30.7 Å². The number of nitrogens with two attached hydrogens (primary N) is 1. The van der Waals surface area contributed by atoms with Crippen LogP contribution in [0.15, 0.2) is 24.3 Å². The van der Waals surface area contributed by atoms with E-state index in [0.29, 0.717) is 12.1 Å². The quantitative estimate of drug-likeness (QED) is 0.649. The molecule has 0 spiro atoms. The Kier molecular flexibility index (Phi) is 8.51. The molecule has 118 valence electrons. The van der Waals surface area contributed by atoms with Gasteiger partial charge in [0, 0.05) is 24.3 Å². The maximum absolute atomic E-state index is 12.0. The topological polar surface area (TPSA) is 58.4 Å². The first kappa shape index (κ1) is 17.5. The maximum atomic E-state index is 12.0. The molecule has 4 nitrogen and oxygen atoms in total. The molecule has 0 atom stereocenters. The summed E-state index contributed by atoms with van der Waals surface area (Å²) in [5.41, 5.74) is 7.15. The monoisotopic (exact) mass is 291 g/mol. The van der Waals surface area contributed by atoms with Crippen LogP contribution in [0.1, 0.15) is 46.0 Å². The number of hydrogen-bond donors (Lipinski definition) is 2. The van der Waals surface area contributed by atoms with Gasteiger partial charge in [-0.05, 0) is 44.1 Å². The van der Waals surface area contributed by atoms with Gasteiger partial charge in [-0.3, -0.25) is 4.79 Å². The van der Waals surface area contributed by atoms with E-state index in [2.05, 4.69) is 24.1 Å². The van der Waals surface area contributed by atoms with E-state index in [-0.39, 0.29) is 5.91 Å². The van der Waals surface area contributed by atoms with E-state index >= 15 is 0 Å². The summed E-state index contributed by atoms with van der Waals surface area (Å²) in [6.45, 7) is 7.40. The van der Waals surface area contributed by atoms with Crippen molar-refractivity contribution < 1.29 is 4.79 Å². The van der Waals surface area contributed by atoms with Crippen LogP contribution in [-0.4, -0.2) is 30.4 Å². The summed E-state index contributed by atoms with van der Waals surface area (Å²) in [4.78, 5) is 14.4. The summed E-state index contributed by atoms with van der Waals surface area (Å²) in [5, 5.41) is 2.90. The zero-order chi connectivity index (χ0) is 15.5. The lowest BCUT2D eigenvalue weighted by molar-refractivity contribution is -0.116. The molecule has 0 aliphatic carbocycles. The highest BCUT2D eigenvalue weighted by molar-refractivity contribution is 5.91.